The zero-order valence-electron chi connectivity index (χ0n) is 15.3. The van der Waals surface area contributed by atoms with Crippen molar-refractivity contribution >= 4 is 27.5 Å². The number of benzene rings is 1. The number of aromatic hydroxyl groups is 1. The van der Waals surface area contributed by atoms with Gasteiger partial charge in [0.1, 0.15) is 11.0 Å². The van der Waals surface area contributed by atoms with Crippen molar-refractivity contribution in [2.75, 3.05) is 19.0 Å². The Balaban J connectivity index is 1.76. The van der Waals surface area contributed by atoms with Gasteiger partial charge in [-0.3, -0.25) is 0 Å². The van der Waals surface area contributed by atoms with Crippen LogP contribution in [0.5, 0.6) is 5.75 Å². The van der Waals surface area contributed by atoms with Crippen LogP contribution in [0.25, 0.3) is 6.08 Å². The molecule has 2 N–H and O–H groups in total. The van der Waals surface area contributed by atoms with E-state index in [1.54, 1.807) is 12.1 Å². The minimum atomic E-state index is -3.24. The molecule has 0 amide bonds. The van der Waals surface area contributed by atoms with E-state index < -0.39 is 15.1 Å². The summed E-state index contributed by atoms with van der Waals surface area (Å²) < 4.78 is 30.2. The lowest BCUT2D eigenvalue weighted by Gasteiger charge is -2.15. The van der Waals surface area contributed by atoms with Gasteiger partial charge in [-0.25, -0.2) is 8.42 Å². The zero-order chi connectivity index (χ0) is 19.6. The third-order valence-corrected chi connectivity index (χ3v) is 7.53. The Hall–Kier alpha value is -1.34. The number of fused-ring (bicyclic) bond motifs is 1. The van der Waals surface area contributed by atoms with Crippen LogP contribution in [0.15, 0.2) is 34.9 Å². The Morgan fingerprint density at radius 1 is 1.37 bits per heavy atom. The number of phenols is 1. The van der Waals surface area contributed by atoms with Crippen molar-refractivity contribution in [2.45, 2.75) is 44.0 Å². The fourth-order valence-electron chi connectivity index (χ4n) is 3.91. The number of ether oxygens (including phenoxy) is 1. The number of sulfone groups is 1. The number of halogens is 1. The maximum Gasteiger partial charge on any atom is 0.163 e. The van der Waals surface area contributed by atoms with Crippen LogP contribution in [-0.2, 0) is 14.6 Å². The molecule has 1 aromatic carbocycles. The molecular weight excluding hydrogens is 388 g/mol. The second-order valence-electron chi connectivity index (χ2n) is 7.13. The summed E-state index contributed by atoms with van der Waals surface area (Å²) in [5, 5.41) is 19.0. The summed E-state index contributed by atoms with van der Waals surface area (Å²) in [5.41, 5.74) is 3.42. The average Bonchev–Trinajstić information content (AvgIpc) is 3.15. The predicted octanol–water partition coefficient (Wildman–Crippen LogP) is 3.49. The summed E-state index contributed by atoms with van der Waals surface area (Å²) >= 11 is 6.21. The first-order valence-electron chi connectivity index (χ1n) is 9.19. The maximum absolute atomic E-state index is 12.2. The number of aliphatic hydroxyl groups excluding tert-OH is 1. The molecule has 0 unspecified atom stereocenters. The van der Waals surface area contributed by atoms with Gasteiger partial charge in [-0.05, 0) is 54.2 Å². The molecule has 27 heavy (non-hydrogen) atoms. The molecule has 7 heteroatoms. The number of allylic oxidation sites excluding steroid dienone is 1. The predicted molar refractivity (Wildman–Crippen MR) is 107 cm³/mol. The van der Waals surface area contributed by atoms with Crippen LogP contribution >= 0.6 is 11.6 Å². The molecule has 0 bridgehead atoms. The van der Waals surface area contributed by atoms with E-state index in [2.05, 4.69) is 6.92 Å². The maximum atomic E-state index is 12.2. The molecule has 3 rings (SSSR count). The molecule has 2 heterocycles. The fourth-order valence-corrected chi connectivity index (χ4v) is 6.07. The van der Waals surface area contributed by atoms with Gasteiger partial charge in [0.15, 0.2) is 9.84 Å². The topological polar surface area (TPSA) is 83.8 Å². The highest BCUT2D eigenvalue weighted by atomic mass is 35.5. The Labute approximate surface area is 165 Å². The molecule has 0 aromatic heterocycles. The summed E-state index contributed by atoms with van der Waals surface area (Å²) in [7, 11) is -3.24. The van der Waals surface area contributed by atoms with Crippen molar-refractivity contribution in [2.24, 2.45) is 0 Å². The molecule has 0 aliphatic carbocycles. The Morgan fingerprint density at radius 2 is 2.15 bits per heavy atom. The van der Waals surface area contributed by atoms with Crippen LogP contribution in [0.2, 0.25) is 5.02 Å². The second kappa shape index (κ2) is 8.35. The number of phenolic OH excluding ortho intramolecular Hbond substituents is 1. The summed E-state index contributed by atoms with van der Waals surface area (Å²) in [6, 6.07) is 4.91. The molecule has 5 nitrogen and oxygen atoms in total. The lowest BCUT2D eigenvalue weighted by Crippen LogP contribution is -2.19. The van der Waals surface area contributed by atoms with Crippen molar-refractivity contribution in [3.05, 3.63) is 45.5 Å². The van der Waals surface area contributed by atoms with Gasteiger partial charge in [-0.15, -0.1) is 0 Å². The molecule has 2 aliphatic heterocycles. The number of aliphatic hydroxyl groups is 1. The lowest BCUT2D eigenvalue weighted by molar-refractivity contribution is 0.117. The molecule has 2 aliphatic rings. The molecule has 0 radical (unpaired) electrons. The molecule has 0 saturated carbocycles. The molecule has 1 aromatic rings. The highest BCUT2D eigenvalue weighted by Gasteiger charge is 2.46. The molecule has 1 saturated heterocycles. The van der Waals surface area contributed by atoms with Crippen molar-refractivity contribution < 1.29 is 23.4 Å². The van der Waals surface area contributed by atoms with Crippen molar-refractivity contribution in [1.29, 1.82) is 0 Å². The minimum absolute atomic E-state index is 0.0515. The van der Waals surface area contributed by atoms with Crippen molar-refractivity contribution in [3.63, 3.8) is 0 Å². The summed E-state index contributed by atoms with van der Waals surface area (Å²) in [6.45, 7) is 2.05. The zero-order valence-corrected chi connectivity index (χ0v) is 16.9. The summed E-state index contributed by atoms with van der Waals surface area (Å²) in [4.78, 5) is 0. The lowest BCUT2D eigenvalue weighted by atomic mass is 9.95. The molecule has 148 valence electrons. The first-order chi connectivity index (χ1) is 12.9. The van der Waals surface area contributed by atoms with Gasteiger partial charge in [0.05, 0.1) is 30.1 Å². The quantitative estimate of drug-likeness (QED) is 0.669. The standard InChI is InChI=1S/C20H25ClO5S/c1-2-3-13(8-14-5-6-16(23)9-17(14)21)4-7-18-20-15(10-22)12-27(24,25)19(20)11-26-18/h5-6,8-9,18-19,22-23H,2-4,7,10-12H2,1H3/b13-8+/t18-,19+/m1/s1. The van der Waals surface area contributed by atoms with E-state index in [4.69, 9.17) is 16.3 Å². The molecule has 1 fully saturated rings. The van der Waals surface area contributed by atoms with E-state index in [1.807, 2.05) is 6.08 Å². The average molecular weight is 413 g/mol. The van der Waals surface area contributed by atoms with Crippen LogP contribution < -0.4 is 0 Å². The van der Waals surface area contributed by atoms with Gasteiger partial charge in [-0.1, -0.05) is 36.6 Å². The van der Waals surface area contributed by atoms with Crippen LogP contribution in [0, 0.1) is 0 Å². The van der Waals surface area contributed by atoms with Gasteiger partial charge in [0.2, 0.25) is 0 Å². The number of hydrogen-bond acceptors (Lipinski definition) is 5. The van der Waals surface area contributed by atoms with Gasteiger partial charge in [0.25, 0.3) is 0 Å². The largest absolute Gasteiger partial charge is 0.508 e. The first kappa shape index (κ1) is 20.4. The second-order valence-corrected chi connectivity index (χ2v) is 9.72. The number of hydrogen-bond donors (Lipinski definition) is 2. The number of rotatable bonds is 7. The summed E-state index contributed by atoms with van der Waals surface area (Å²) in [5.74, 6) is 0.0786. The van der Waals surface area contributed by atoms with Crippen LogP contribution in [0.3, 0.4) is 0 Å². The highest BCUT2D eigenvalue weighted by Crippen LogP contribution is 2.38. The van der Waals surface area contributed by atoms with Crippen LogP contribution in [-0.4, -0.2) is 49.0 Å². The minimum Gasteiger partial charge on any atom is -0.508 e. The molecule has 0 spiro atoms. The van der Waals surface area contributed by atoms with E-state index in [1.165, 1.54) is 11.6 Å². The third-order valence-electron chi connectivity index (χ3n) is 5.19. The molecule has 2 atom stereocenters. The Morgan fingerprint density at radius 3 is 2.81 bits per heavy atom. The SMILES string of the molecule is CCC/C(=C\c1ccc(O)cc1Cl)CC[C@H]1OC[C@H]2C1=C(CO)CS2(=O)=O. The Bertz CT molecular complexity index is 872. The van der Waals surface area contributed by atoms with E-state index in [9.17, 15) is 18.6 Å². The van der Waals surface area contributed by atoms with E-state index in [0.717, 1.165) is 30.4 Å². The Kier molecular flexibility index (Phi) is 6.31. The van der Waals surface area contributed by atoms with Gasteiger partial charge in [-0.2, -0.15) is 0 Å². The van der Waals surface area contributed by atoms with E-state index in [-0.39, 0.29) is 30.8 Å². The first-order valence-corrected chi connectivity index (χ1v) is 11.3. The van der Waals surface area contributed by atoms with Crippen molar-refractivity contribution in [3.8, 4) is 5.75 Å². The molecular formula is C20H25ClO5S. The fraction of sp³-hybridized carbons (Fsp3) is 0.500. The van der Waals surface area contributed by atoms with Gasteiger partial charge >= 0.3 is 0 Å². The van der Waals surface area contributed by atoms with Crippen LogP contribution in [0.4, 0.5) is 0 Å². The third kappa shape index (κ3) is 4.40. The van der Waals surface area contributed by atoms with E-state index in [0.29, 0.717) is 17.0 Å². The smallest absolute Gasteiger partial charge is 0.163 e. The highest BCUT2D eigenvalue weighted by molar-refractivity contribution is 7.92. The van der Waals surface area contributed by atoms with E-state index >= 15 is 0 Å². The van der Waals surface area contributed by atoms with Crippen molar-refractivity contribution in [1.82, 2.24) is 0 Å². The van der Waals surface area contributed by atoms with Gasteiger partial charge in [0, 0.05) is 0 Å². The van der Waals surface area contributed by atoms with Crippen LogP contribution in [0.1, 0.15) is 38.2 Å². The van der Waals surface area contributed by atoms with Gasteiger partial charge < -0.3 is 14.9 Å². The summed E-state index contributed by atoms with van der Waals surface area (Å²) in [6.07, 6.45) is 5.08. The normalized spacial score (nSPS) is 24.5. The monoisotopic (exact) mass is 412 g/mol.